The molecule has 1 aromatic heterocycles. The number of esters is 1. The Morgan fingerprint density at radius 1 is 1.04 bits per heavy atom. The molecule has 2 aromatic carbocycles. The number of anilines is 1. The fourth-order valence-electron chi connectivity index (χ4n) is 2.68. The van der Waals surface area contributed by atoms with Crippen LogP contribution in [0.1, 0.15) is 23.9 Å². The Morgan fingerprint density at radius 3 is 2.43 bits per heavy atom. The van der Waals surface area contributed by atoms with Crippen LogP contribution in [0.25, 0.3) is 11.0 Å². The van der Waals surface area contributed by atoms with E-state index in [1.807, 2.05) is 0 Å². The fourth-order valence-corrected chi connectivity index (χ4v) is 3.95. The summed E-state index contributed by atoms with van der Waals surface area (Å²) in [7, 11) is -3.59. The molecule has 3 aromatic rings. The summed E-state index contributed by atoms with van der Waals surface area (Å²) in [6.45, 7) is 1.81. The molecule has 28 heavy (non-hydrogen) atoms. The molecule has 0 saturated carbocycles. The molecular weight excluding hydrogens is 382 g/mol. The molecule has 0 aliphatic rings. The van der Waals surface area contributed by atoms with Crippen LogP contribution in [0.5, 0.6) is 0 Å². The van der Waals surface area contributed by atoms with E-state index < -0.39 is 21.7 Å². The van der Waals surface area contributed by atoms with Crippen LogP contribution in [0.3, 0.4) is 0 Å². The molecule has 7 nitrogen and oxygen atoms in total. The number of rotatable bonds is 7. The fraction of sp³-hybridized carbons (Fsp3) is 0.200. The van der Waals surface area contributed by atoms with E-state index in [1.165, 1.54) is 12.1 Å². The molecule has 0 bridgehead atoms. The van der Waals surface area contributed by atoms with Crippen molar-refractivity contribution in [2.75, 3.05) is 17.7 Å². The van der Waals surface area contributed by atoms with Crippen molar-refractivity contribution in [2.24, 2.45) is 0 Å². The summed E-state index contributed by atoms with van der Waals surface area (Å²) in [6, 6.07) is 14.7. The third-order valence-electron chi connectivity index (χ3n) is 4.02. The maximum absolute atomic E-state index is 12.4. The van der Waals surface area contributed by atoms with E-state index in [9.17, 15) is 18.0 Å². The van der Waals surface area contributed by atoms with Gasteiger partial charge in [0, 0.05) is 11.8 Å². The second-order valence-electron chi connectivity index (χ2n) is 5.95. The Balaban J connectivity index is 1.79. The number of carbonyl (C=O) groups is 2. The van der Waals surface area contributed by atoms with Crippen LogP contribution in [0.15, 0.2) is 63.9 Å². The lowest BCUT2D eigenvalue weighted by atomic mass is 10.2. The molecule has 0 unspecified atom stereocenters. The molecule has 0 radical (unpaired) electrons. The van der Waals surface area contributed by atoms with E-state index in [0.29, 0.717) is 11.0 Å². The number of ether oxygens (including phenoxy) is 1. The lowest BCUT2D eigenvalue weighted by molar-refractivity contribution is -0.115. The zero-order valence-electron chi connectivity index (χ0n) is 15.2. The summed E-state index contributed by atoms with van der Waals surface area (Å²) in [4.78, 5) is 24.7. The first-order chi connectivity index (χ1) is 13.4. The molecule has 8 heteroatoms. The van der Waals surface area contributed by atoms with Gasteiger partial charge in [0.05, 0.1) is 17.3 Å². The normalized spacial score (nSPS) is 11.3. The summed E-state index contributed by atoms with van der Waals surface area (Å²) < 4.78 is 35.2. The van der Waals surface area contributed by atoms with Crippen LogP contribution < -0.4 is 5.32 Å². The summed E-state index contributed by atoms with van der Waals surface area (Å²) in [5.74, 6) is -1.72. The van der Waals surface area contributed by atoms with Crippen LogP contribution in [-0.2, 0) is 19.4 Å². The van der Waals surface area contributed by atoms with E-state index >= 15 is 0 Å². The lowest BCUT2D eigenvalue weighted by Gasteiger charge is -2.07. The van der Waals surface area contributed by atoms with Crippen molar-refractivity contribution in [3.8, 4) is 0 Å². The number of benzene rings is 2. The minimum atomic E-state index is -3.59. The molecule has 0 spiro atoms. The Kier molecular flexibility index (Phi) is 5.79. The number of carbonyl (C=O) groups excluding carboxylic acids is 2. The molecule has 3 rings (SSSR count). The van der Waals surface area contributed by atoms with Gasteiger partial charge in [-0.1, -0.05) is 30.3 Å². The van der Waals surface area contributed by atoms with Crippen LogP contribution in [0.4, 0.5) is 5.69 Å². The van der Waals surface area contributed by atoms with Crippen LogP contribution >= 0.6 is 0 Å². The first-order valence-electron chi connectivity index (χ1n) is 8.68. The van der Waals surface area contributed by atoms with Crippen LogP contribution in [-0.4, -0.2) is 32.7 Å². The maximum Gasteiger partial charge on any atom is 0.376 e. The van der Waals surface area contributed by atoms with Crippen LogP contribution in [0.2, 0.25) is 0 Å². The third-order valence-corrected chi connectivity index (χ3v) is 5.75. The largest absolute Gasteiger partial charge is 0.460 e. The number of nitrogens with one attached hydrogen (secondary N) is 1. The van der Waals surface area contributed by atoms with Gasteiger partial charge in [0.25, 0.3) is 0 Å². The number of fused-ring (bicyclic) bond motifs is 1. The SMILES string of the molecule is CCOC(=O)c1oc2ccccc2c1NC(=O)CCS(=O)(=O)c1ccccc1. The van der Waals surface area contributed by atoms with Gasteiger partial charge in [-0.25, -0.2) is 13.2 Å². The van der Waals surface area contributed by atoms with Gasteiger partial charge >= 0.3 is 5.97 Å². The molecule has 0 fully saturated rings. The monoisotopic (exact) mass is 401 g/mol. The van der Waals surface area contributed by atoms with E-state index in [2.05, 4.69) is 5.32 Å². The van der Waals surface area contributed by atoms with Crippen molar-refractivity contribution in [1.82, 2.24) is 0 Å². The average Bonchev–Trinajstić information content (AvgIpc) is 3.06. The highest BCUT2D eigenvalue weighted by molar-refractivity contribution is 7.91. The molecular formula is C20H19NO6S. The van der Waals surface area contributed by atoms with Gasteiger partial charge < -0.3 is 14.5 Å². The number of amides is 1. The van der Waals surface area contributed by atoms with Gasteiger partial charge in [-0.3, -0.25) is 4.79 Å². The minimum absolute atomic E-state index is 0.123. The quantitative estimate of drug-likeness (QED) is 0.609. The first kappa shape index (κ1) is 19.6. The van der Waals surface area contributed by atoms with Gasteiger partial charge in [0.1, 0.15) is 11.3 Å². The molecule has 0 atom stereocenters. The summed E-state index contributed by atoms with van der Waals surface area (Å²) in [6.07, 6.45) is -0.265. The van der Waals surface area contributed by atoms with Gasteiger partial charge in [-0.15, -0.1) is 0 Å². The highest BCUT2D eigenvalue weighted by Gasteiger charge is 2.24. The Bertz CT molecular complexity index is 1100. The predicted molar refractivity (Wildman–Crippen MR) is 104 cm³/mol. The Morgan fingerprint density at radius 2 is 1.71 bits per heavy atom. The van der Waals surface area contributed by atoms with Gasteiger partial charge in [-0.05, 0) is 31.2 Å². The minimum Gasteiger partial charge on any atom is -0.460 e. The Labute approximate surface area is 162 Å². The van der Waals surface area contributed by atoms with E-state index in [-0.39, 0.29) is 35.1 Å². The zero-order valence-corrected chi connectivity index (χ0v) is 16.0. The first-order valence-corrected chi connectivity index (χ1v) is 10.3. The van der Waals surface area contributed by atoms with Crippen LogP contribution in [0, 0.1) is 0 Å². The smallest absolute Gasteiger partial charge is 0.376 e. The number of hydrogen-bond donors (Lipinski definition) is 1. The van der Waals surface area contributed by atoms with E-state index in [1.54, 1.807) is 49.4 Å². The molecule has 1 amide bonds. The topological polar surface area (TPSA) is 103 Å². The van der Waals surface area contributed by atoms with Crippen molar-refractivity contribution in [3.05, 3.63) is 60.4 Å². The highest BCUT2D eigenvalue weighted by Crippen LogP contribution is 2.31. The Hall–Kier alpha value is -3.13. The van der Waals surface area contributed by atoms with Crippen molar-refractivity contribution in [1.29, 1.82) is 0 Å². The summed E-state index contributed by atoms with van der Waals surface area (Å²) >= 11 is 0. The van der Waals surface area contributed by atoms with Crippen molar-refractivity contribution in [2.45, 2.75) is 18.2 Å². The standard InChI is InChI=1S/C20H19NO6S/c1-2-26-20(23)19-18(15-10-6-7-11-16(15)27-19)21-17(22)12-13-28(24,25)14-8-4-3-5-9-14/h3-11H,2,12-13H2,1H3,(H,21,22). The number of hydrogen-bond acceptors (Lipinski definition) is 6. The van der Waals surface area contributed by atoms with Crippen molar-refractivity contribution < 1.29 is 27.2 Å². The third kappa shape index (κ3) is 4.23. The second-order valence-corrected chi connectivity index (χ2v) is 8.06. The highest BCUT2D eigenvalue weighted by atomic mass is 32.2. The zero-order chi connectivity index (χ0) is 20.1. The molecule has 1 N–H and O–H groups in total. The predicted octanol–water partition coefficient (Wildman–Crippen LogP) is 3.41. The van der Waals surface area contributed by atoms with Gasteiger partial charge in [0.15, 0.2) is 9.84 Å². The van der Waals surface area contributed by atoms with Gasteiger partial charge in [0.2, 0.25) is 11.7 Å². The maximum atomic E-state index is 12.4. The molecule has 0 aliphatic carbocycles. The van der Waals surface area contributed by atoms with E-state index in [4.69, 9.17) is 9.15 Å². The lowest BCUT2D eigenvalue weighted by Crippen LogP contribution is -2.18. The van der Waals surface area contributed by atoms with Gasteiger partial charge in [-0.2, -0.15) is 0 Å². The number of para-hydroxylation sites is 1. The molecule has 1 heterocycles. The number of furan rings is 1. The average molecular weight is 401 g/mol. The summed E-state index contributed by atoms with van der Waals surface area (Å²) in [5, 5.41) is 3.13. The summed E-state index contributed by atoms with van der Waals surface area (Å²) in [5.41, 5.74) is 0.592. The van der Waals surface area contributed by atoms with E-state index in [0.717, 1.165) is 0 Å². The second kappa shape index (κ2) is 8.26. The molecule has 0 aliphatic heterocycles. The van der Waals surface area contributed by atoms with Crippen molar-refractivity contribution in [3.63, 3.8) is 0 Å². The van der Waals surface area contributed by atoms with Crippen molar-refractivity contribution >= 4 is 38.4 Å². The number of sulfone groups is 1. The molecule has 0 saturated heterocycles. The molecule has 146 valence electrons.